The van der Waals surface area contributed by atoms with Gasteiger partial charge in [0.2, 0.25) is 5.91 Å². The monoisotopic (exact) mass is 280 g/mol. The molecular weight excluding hydrogens is 264 g/mol. The minimum atomic E-state index is -0.138. The number of carbonyl (C=O) groups is 2. The van der Waals surface area contributed by atoms with Gasteiger partial charge in [0.05, 0.1) is 0 Å². The van der Waals surface area contributed by atoms with E-state index in [0.717, 1.165) is 12.0 Å². The maximum atomic E-state index is 12.1. The molecule has 1 atom stereocenters. The minimum absolute atomic E-state index is 0.0238. The number of benzene rings is 1. The van der Waals surface area contributed by atoms with Crippen molar-refractivity contribution in [3.63, 3.8) is 0 Å². The molecule has 0 bridgehead atoms. The van der Waals surface area contributed by atoms with E-state index in [1.165, 1.54) is 0 Å². The Morgan fingerprint density at radius 3 is 2.68 bits per heavy atom. The number of amides is 2. The Bertz CT molecular complexity index is 496. The summed E-state index contributed by atoms with van der Waals surface area (Å²) in [5.41, 5.74) is 1.51. The molecule has 1 aromatic rings. The van der Waals surface area contributed by atoms with Gasteiger partial charge in [-0.05, 0) is 37.1 Å². The van der Waals surface area contributed by atoms with E-state index in [1.54, 1.807) is 24.0 Å². The molecule has 1 fully saturated rings. The maximum Gasteiger partial charge on any atom is 0.251 e. The summed E-state index contributed by atoms with van der Waals surface area (Å²) in [6.45, 7) is 4.73. The number of aryl methyl sites for hydroxylation is 1. The Hall–Kier alpha value is -1.55. The highest BCUT2D eigenvalue weighted by Gasteiger charge is 2.25. The molecule has 19 heavy (non-hydrogen) atoms. The van der Waals surface area contributed by atoms with Crippen molar-refractivity contribution in [2.24, 2.45) is 0 Å². The summed E-state index contributed by atoms with van der Waals surface area (Å²) in [4.78, 5) is 25.1. The van der Waals surface area contributed by atoms with Gasteiger partial charge in [-0.3, -0.25) is 9.59 Å². The van der Waals surface area contributed by atoms with Crippen molar-refractivity contribution < 1.29 is 9.59 Å². The van der Waals surface area contributed by atoms with Gasteiger partial charge in [0.25, 0.3) is 5.91 Å². The van der Waals surface area contributed by atoms with Crippen LogP contribution in [0.15, 0.2) is 18.2 Å². The van der Waals surface area contributed by atoms with Crippen LogP contribution in [0.4, 0.5) is 0 Å². The van der Waals surface area contributed by atoms with Crippen LogP contribution in [0.2, 0.25) is 5.02 Å². The molecule has 0 unspecified atom stereocenters. The molecule has 1 saturated heterocycles. The summed E-state index contributed by atoms with van der Waals surface area (Å²) in [6, 6.07) is 5.29. The molecule has 0 spiro atoms. The second-order valence-corrected chi connectivity index (χ2v) is 5.38. The van der Waals surface area contributed by atoms with Gasteiger partial charge < -0.3 is 10.2 Å². The predicted octanol–water partition coefficient (Wildman–Crippen LogP) is 2.00. The van der Waals surface area contributed by atoms with Gasteiger partial charge in [0.1, 0.15) is 0 Å². The lowest BCUT2D eigenvalue weighted by atomic mass is 10.1. The second-order valence-electron chi connectivity index (χ2n) is 4.94. The van der Waals surface area contributed by atoms with E-state index in [9.17, 15) is 9.59 Å². The summed E-state index contributed by atoms with van der Waals surface area (Å²) < 4.78 is 0. The molecule has 2 rings (SSSR count). The smallest absolute Gasteiger partial charge is 0.251 e. The van der Waals surface area contributed by atoms with E-state index in [2.05, 4.69) is 5.32 Å². The topological polar surface area (TPSA) is 49.4 Å². The van der Waals surface area contributed by atoms with E-state index in [1.807, 2.05) is 13.0 Å². The Kier molecular flexibility index (Phi) is 4.10. The number of likely N-dealkylation sites (tertiary alicyclic amines) is 1. The zero-order chi connectivity index (χ0) is 14.0. The predicted molar refractivity (Wildman–Crippen MR) is 74.3 cm³/mol. The molecule has 0 saturated carbocycles. The third-order valence-corrected chi connectivity index (χ3v) is 3.49. The van der Waals surface area contributed by atoms with Gasteiger partial charge in [-0.15, -0.1) is 0 Å². The number of nitrogens with zero attached hydrogens (tertiary/aromatic N) is 1. The van der Waals surface area contributed by atoms with Crippen LogP contribution >= 0.6 is 11.6 Å². The van der Waals surface area contributed by atoms with Crippen molar-refractivity contribution in [2.45, 2.75) is 26.3 Å². The number of halogens is 1. The molecule has 0 aromatic heterocycles. The summed E-state index contributed by atoms with van der Waals surface area (Å²) in [7, 11) is 0. The third kappa shape index (κ3) is 3.47. The Labute approximate surface area is 117 Å². The zero-order valence-corrected chi connectivity index (χ0v) is 11.8. The van der Waals surface area contributed by atoms with E-state index in [4.69, 9.17) is 11.6 Å². The van der Waals surface area contributed by atoms with Crippen LogP contribution < -0.4 is 5.32 Å². The normalized spacial score (nSPS) is 18.5. The molecule has 102 valence electrons. The second kappa shape index (κ2) is 5.61. The van der Waals surface area contributed by atoms with Gasteiger partial charge >= 0.3 is 0 Å². The van der Waals surface area contributed by atoms with Crippen LogP contribution in [0.25, 0.3) is 0 Å². The highest BCUT2D eigenvalue weighted by atomic mass is 35.5. The first-order chi connectivity index (χ1) is 8.95. The van der Waals surface area contributed by atoms with Crippen LogP contribution in [-0.2, 0) is 4.79 Å². The zero-order valence-electron chi connectivity index (χ0n) is 11.1. The fourth-order valence-electron chi connectivity index (χ4n) is 2.30. The van der Waals surface area contributed by atoms with Gasteiger partial charge in [0, 0.05) is 36.6 Å². The third-order valence-electron chi connectivity index (χ3n) is 3.27. The van der Waals surface area contributed by atoms with Crippen LogP contribution in [0.5, 0.6) is 0 Å². The van der Waals surface area contributed by atoms with Crippen molar-refractivity contribution in [3.8, 4) is 0 Å². The van der Waals surface area contributed by atoms with Crippen molar-refractivity contribution in [1.29, 1.82) is 0 Å². The highest BCUT2D eigenvalue weighted by Crippen LogP contribution is 2.15. The number of nitrogens with one attached hydrogen (secondary N) is 1. The molecule has 1 aliphatic heterocycles. The molecule has 1 aromatic carbocycles. The molecule has 1 aliphatic rings. The molecule has 0 radical (unpaired) electrons. The van der Waals surface area contributed by atoms with Gasteiger partial charge in [-0.2, -0.15) is 0 Å². The Morgan fingerprint density at radius 1 is 1.37 bits per heavy atom. The number of rotatable bonds is 2. The first kappa shape index (κ1) is 13.9. The van der Waals surface area contributed by atoms with E-state index in [0.29, 0.717) is 23.7 Å². The highest BCUT2D eigenvalue weighted by molar-refractivity contribution is 6.31. The Morgan fingerprint density at radius 2 is 2.11 bits per heavy atom. The Balaban J connectivity index is 2.00. The van der Waals surface area contributed by atoms with Crippen LogP contribution in [-0.4, -0.2) is 35.8 Å². The molecule has 4 nitrogen and oxygen atoms in total. The summed E-state index contributed by atoms with van der Waals surface area (Å²) in [6.07, 6.45) is 0.796. The van der Waals surface area contributed by atoms with Gasteiger partial charge in [0.15, 0.2) is 0 Å². The standard InChI is InChI=1S/C14H17ClN2O2/c1-9-5-11(7-12(15)6-9)14(19)16-13-3-4-17(8-13)10(2)18/h5-7,13H,3-4,8H2,1-2H3,(H,16,19)/t13-/m1/s1. The largest absolute Gasteiger partial charge is 0.347 e. The van der Waals surface area contributed by atoms with E-state index >= 15 is 0 Å². The first-order valence-corrected chi connectivity index (χ1v) is 6.67. The molecule has 0 aliphatic carbocycles. The van der Waals surface area contributed by atoms with Crippen LogP contribution in [0, 0.1) is 6.92 Å². The summed E-state index contributed by atoms with van der Waals surface area (Å²) >= 11 is 5.94. The first-order valence-electron chi connectivity index (χ1n) is 6.29. The van der Waals surface area contributed by atoms with E-state index < -0.39 is 0 Å². The van der Waals surface area contributed by atoms with Crippen molar-refractivity contribution in [3.05, 3.63) is 34.3 Å². The molecule has 5 heteroatoms. The minimum Gasteiger partial charge on any atom is -0.347 e. The summed E-state index contributed by atoms with van der Waals surface area (Å²) in [5.74, 6) is -0.0867. The number of hydrogen-bond donors (Lipinski definition) is 1. The van der Waals surface area contributed by atoms with Crippen LogP contribution in [0.1, 0.15) is 29.3 Å². The lowest BCUT2D eigenvalue weighted by Crippen LogP contribution is -2.38. The fourth-order valence-corrected chi connectivity index (χ4v) is 2.59. The maximum absolute atomic E-state index is 12.1. The van der Waals surface area contributed by atoms with Gasteiger partial charge in [-0.1, -0.05) is 11.6 Å². The molecule has 2 amide bonds. The fraction of sp³-hybridized carbons (Fsp3) is 0.429. The van der Waals surface area contributed by atoms with Crippen molar-refractivity contribution >= 4 is 23.4 Å². The lowest BCUT2D eigenvalue weighted by Gasteiger charge is -2.15. The SMILES string of the molecule is CC(=O)N1CC[C@@H](NC(=O)c2cc(C)cc(Cl)c2)C1. The number of hydrogen-bond acceptors (Lipinski definition) is 2. The quantitative estimate of drug-likeness (QED) is 0.901. The van der Waals surface area contributed by atoms with Crippen molar-refractivity contribution in [1.82, 2.24) is 10.2 Å². The molecular formula is C14H17ClN2O2. The van der Waals surface area contributed by atoms with E-state index in [-0.39, 0.29) is 17.9 Å². The molecule has 1 N–H and O–H groups in total. The average molecular weight is 281 g/mol. The van der Waals surface area contributed by atoms with Crippen molar-refractivity contribution in [2.75, 3.05) is 13.1 Å². The molecule has 1 heterocycles. The average Bonchev–Trinajstić information content (AvgIpc) is 2.76. The van der Waals surface area contributed by atoms with Gasteiger partial charge in [-0.25, -0.2) is 0 Å². The van der Waals surface area contributed by atoms with Crippen LogP contribution in [0.3, 0.4) is 0 Å². The summed E-state index contributed by atoms with van der Waals surface area (Å²) in [5, 5.41) is 3.50. The number of carbonyl (C=O) groups excluding carboxylic acids is 2. The lowest BCUT2D eigenvalue weighted by molar-refractivity contribution is -0.127.